The summed E-state index contributed by atoms with van der Waals surface area (Å²) in [6, 6.07) is 25.2. The van der Waals surface area contributed by atoms with Crippen LogP contribution in [0.2, 0.25) is 0 Å². The number of allylic oxidation sites excluding steroid dienone is 2. The van der Waals surface area contributed by atoms with Crippen molar-refractivity contribution in [1.29, 1.82) is 15.8 Å². The number of thiophene rings is 1. The molecule has 1 aromatic heterocycles. The van der Waals surface area contributed by atoms with Gasteiger partial charge in [0.05, 0.1) is 13.7 Å². The standard InChI is InChI=1S/C33H28N4O3S/c1-33(25-7-5-4-6-8-25)30(29(22-36)32(40-33)24(20-34)21-35)16-15-28-14-13-27(41-28)12-10-23-9-11-26(19-31(23)39-3)37(2)17-18-38/h4-16,19,38H,17-18H2,1-3H3/b12-10+,16-15+. The van der Waals surface area contributed by atoms with E-state index in [0.29, 0.717) is 12.1 Å². The van der Waals surface area contributed by atoms with E-state index in [1.54, 1.807) is 18.4 Å². The first kappa shape index (κ1) is 28.9. The summed E-state index contributed by atoms with van der Waals surface area (Å²) in [6.45, 7) is 2.44. The molecule has 1 atom stereocenters. The molecule has 2 heterocycles. The van der Waals surface area contributed by atoms with Crippen molar-refractivity contribution in [2.75, 3.05) is 32.2 Å². The molecule has 0 spiro atoms. The first-order valence-corrected chi connectivity index (χ1v) is 13.6. The van der Waals surface area contributed by atoms with Crippen molar-refractivity contribution in [2.45, 2.75) is 12.5 Å². The number of ether oxygens (including phenoxy) is 2. The van der Waals surface area contributed by atoms with E-state index in [4.69, 9.17) is 9.47 Å². The molecule has 0 radical (unpaired) electrons. The summed E-state index contributed by atoms with van der Waals surface area (Å²) in [7, 11) is 3.55. The maximum absolute atomic E-state index is 10.0. The van der Waals surface area contributed by atoms with Crippen molar-refractivity contribution >= 4 is 35.3 Å². The Labute approximate surface area is 244 Å². The number of benzene rings is 2. The second-order valence-electron chi connectivity index (χ2n) is 9.31. The summed E-state index contributed by atoms with van der Waals surface area (Å²) in [4.78, 5) is 3.93. The fourth-order valence-electron chi connectivity index (χ4n) is 4.54. The van der Waals surface area contributed by atoms with Gasteiger partial charge in [-0.1, -0.05) is 36.4 Å². The number of aliphatic hydroxyl groups excluding tert-OH is 1. The Morgan fingerprint density at radius 1 is 1.00 bits per heavy atom. The van der Waals surface area contributed by atoms with E-state index in [0.717, 1.165) is 32.3 Å². The van der Waals surface area contributed by atoms with Gasteiger partial charge < -0.3 is 19.5 Å². The van der Waals surface area contributed by atoms with E-state index in [-0.39, 0.29) is 23.5 Å². The second-order valence-corrected chi connectivity index (χ2v) is 10.5. The Morgan fingerprint density at radius 3 is 2.29 bits per heavy atom. The highest BCUT2D eigenvalue weighted by molar-refractivity contribution is 7.13. The van der Waals surface area contributed by atoms with Crippen LogP contribution in [0.1, 0.15) is 27.8 Å². The topological polar surface area (TPSA) is 113 Å². The highest BCUT2D eigenvalue weighted by Crippen LogP contribution is 2.47. The van der Waals surface area contributed by atoms with Crippen molar-refractivity contribution in [2.24, 2.45) is 0 Å². The van der Waals surface area contributed by atoms with Crippen LogP contribution in [-0.4, -0.2) is 32.4 Å². The van der Waals surface area contributed by atoms with Gasteiger partial charge in [-0.25, -0.2) is 0 Å². The van der Waals surface area contributed by atoms with Gasteiger partial charge in [0.2, 0.25) is 0 Å². The third kappa shape index (κ3) is 6.08. The Kier molecular flexibility index (Phi) is 9.07. The predicted molar refractivity (Wildman–Crippen MR) is 161 cm³/mol. The van der Waals surface area contributed by atoms with Crippen LogP contribution in [0.3, 0.4) is 0 Å². The highest BCUT2D eigenvalue weighted by Gasteiger charge is 2.43. The number of hydrogen-bond donors (Lipinski definition) is 1. The SMILES string of the molecule is COc1cc(N(C)CCO)ccc1/C=C/c1ccc(/C=C/C2=C(C#N)C(=C(C#N)C#N)OC2(C)c2ccccc2)s1. The van der Waals surface area contributed by atoms with Crippen molar-refractivity contribution in [3.63, 3.8) is 0 Å². The van der Waals surface area contributed by atoms with Crippen LogP contribution >= 0.6 is 11.3 Å². The molecule has 0 fully saturated rings. The van der Waals surface area contributed by atoms with Gasteiger partial charge in [-0.15, -0.1) is 11.3 Å². The number of nitrogens with zero attached hydrogens (tertiary/aromatic N) is 4. The normalized spacial score (nSPS) is 16.4. The molecule has 2 aromatic carbocycles. The van der Waals surface area contributed by atoms with Crippen molar-refractivity contribution < 1.29 is 14.6 Å². The molecule has 0 bridgehead atoms. The third-order valence-corrected chi connectivity index (χ3v) is 7.80. The smallest absolute Gasteiger partial charge is 0.172 e. The van der Waals surface area contributed by atoms with Gasteiger partial charge in [0.25, 0.3) is 0 Å². The zero-order valence-electron chi connectivity index (χ0n) is 23.0. The number of likely N-dealkylation sites (N-methyl/N-ethyl adjacent to an activating group) is 1. The molecule has 7 nitrogen and oxygen atoms in total. The summed E-state index contributed by atoms with van der Waals surface area (Å²) < 4.78 is 11.8. The molecule has 0 amide bonds. The molecular formula is C33H28N4O3S. The lowest BCUT2D eigenvalue weighted by Crippen LogP contribution is -2.23. The highest BCUT2D eigenvalue weighted by atomic mass is 32.1. The molecule has 1 aliphatic heterocycles. The summed E-state index contributed by atoms with van der Waals surface area (Å²) in [5.74, 6) is 0.733. The molecule has 1 aliphatic rings. The zero-order chi connectivity index (χ0) is 29.4. The fraction of sp³-hybridized carbons (Fsp3) is 0.182. The lowest BCUT2D eigenvalue weighted by molar-refractivity contribution is 0.0755. The van der Waals surface area contributed by atoms with Gasteiger partial charge in [-0.2, -0.15) is 15.8 Å². The summed E-state index contributed by atoms with van der Waals surface area (Å²) >= 11 is 1.57. The molecular weight excluding hydrogens is 532 g/mol. The van der Waals surface area contributed by atoms with Crippen LogP contribution in [0.5, 0.6) is 5.75 Å². The molecule has 0 aliphatic carbocycles. The number of nitriles is 3. The van der Waals surface area contributed by atoms with E-state index >= 15 is 0 Å². The summed E-state index contributed by atoms with van der Waals surface area (Å²) in [5, 5.41) is 38.2. The minimum atomic E-state index is -1.05. The maximum atomic E-state index is 10.0. The lowest BCUT2D eigenvalue weighted by atomic mass is 9.86. The van der Waals surface area contributed by atoms with Crippen LogP contribution in [0.15, 0.2) is 89.2 Å². The van der Waals surface area contributed by atoms with Crippen LogP contribution < -0.4 is 9.64 Å². The van der Waals surface area contributed by atoms with Crippen LogP contribution in [0.4, 0.5) is 5.69 Å². The molecule has 8 heteroatoms. The van der Waals surface area contributed by atoms with Crippen molar-refractivity contribution in [3.8, 4) is 24.0 Å². The first-order chi connectivity index (χ1) is 19.9. The molecule has 0 saturated heterocycles. The third-order valence-electron chi connectivity index (χ3n) is 6.79. The number of aliphatic hydroxyl groups is 1. The van der Waals surface area contributed by atoms with Crippen molar-refractivity contribution in [1.82, 2.24) is 0 Å². The largest absolute Gasteiger partial charge is 0.496 e. The quantitative estimate of drug-likeness (QED) is 0.300. The molecule has 204 valence electrons. The monoisotopic (exact) mass is 560 g/mol. The Hall–Kier alpha value is -5.07. The average Bonchev–Trinajstić information content (AvgIpc) is 3.57. The molecule has 41 heavy (non-hydrogen) atoms. The zero-order valence-corrected chi connectivity index (χ0v) is 23.8. The van der Waals surface area contributed by atoms with E-state index in [9.17, 15) is 20.9 Å². The number of methoxy groups -OCH3 is 1. The van der Waals surface area contributed by atoms with Crippen LogP contribution in [0, 0.1) is 34.0 Å². The summed E-state index contributed by atoms with van der Waals surface area (Å²) in [5.41, 5.74) is 2.14. The van der Waals surface area contributed by atoms with Gasteiger partial charge in [-0.3, -0.25) is 0 Å². The van der Waals surface area contributed by atoms with E-state index in [1.165, 1.54) is 0 Å². The maximum Gasteiger partial charge on any atom is 0.172 e. The van der Waals surface area contributed by atoms with Gasteiger partial charge in [0.1, 0.15) is 29.5 Å². The minimum absolute atomic E-state index is 0.000764. The number of hydrogen-bond acceptors (Lipinski definition) is 8. The molecule has 1 unspecified atom stereocenters. The molecule has 1 N–H and O–H groups in total. The Bertz CT molecular complexity index is 1660. The van der Waals surface area contributed by atoms with E-state index in [1.807, 2.05) is 116 Å². The minimum Gasteiger partial charge on any atom is -0.496 e. The lowest BCUT2D eigenvalue weighted by Gasteiger charge is -2.27. The first-order valence-electron chi connectivity index (χ1n) is 12.8. The van der Waals surface area contributed by atoms with Gasteiger partial charge in [0, 0.05) is 46.2 Å². The van der Waals surface area contributed by atoms with Gasteiger partial charge >= 0.3 is 0 Å². The molecule has 3 aromatic rings. The molecule has 0 saturated carbocycles. The second kappa shape index (κ2) is 12.9. The molecule has 4 rings (SSSR count). The van der Waals surface area contributed by atoms with Crippen LogP contribution in [0.25, 0.3) is 18.2 Å². The Balaban J connectivity index is 1.64. The predicted octanol–water partition coefficient (Wildman–Crippen LogP) is 6.44. The van der Waals surface area contributed by atoms with Gasteiger partial charge in [-0.05, 0) is 55.0 Å². The Morgan fingerprint density at radius 2 is 1.68 bits per heavy atom. The van der Waals surface area contributed by atoms with Crippen LogP contribution in [-0.2, 0) is 10.3 Å². The fourth-order valence-corrected chi connectivity index (χ4v) is 5.35. The number of rotatable bonds is 9. The summed E-state index contributed by atoms with van der Waals surface area (Å²) in [6.07, 6.45) is 7.74. The van der Waals surface area contributed by atoms with Crippen molar-refractivity contribution in [3.05, 3.63) is 110 Å². The van der Waals surface area contributed by atoms with E-state index in [2.05, 4.69) is 6.07 Å². The average molecular weight is 561 g/mol. The number of anilines is 1. The van der Waals surface area contributed by atoms with Gasteiger partial charge in [0.15, 0.2) is 16.9 Å². The van der Waals surface area contributed by atoms with E-state index < -0.39 is 5.60 Å².